The fourth-order valence-corrected chi connectivity index (χ4v) is 3.55. The van der Waals surface area contributed by atoms with E-state index in [4.69, 9.17) is 12.2 Å². The predicted octanol–water partition coefficient (Wildman–Crippen LogP) is 4.50. The van der Waals surface area contributed by atoms with Gasteiger partial charge in [-0.2, -0.15) is 0 Å². The van der Waals surface area contributed by atoms with Crippen LogP contribution < -0.4 is 15.5 Å². The smallest absolute Gasteiger partial charge is 0.257 e. The highest BCUT2D eigenvalue weighted by Gasteiger charge is 2.18. The van der Waals surface area contributed by atoms with Gasteiger partial charge in [0.2, 0.25) is 0 Å². The summed E-state index contributed by atoms with van der Waals surface area (Å²) < 4.78 is 0. The Balaban J connectivity index is 1.58. The Labute approximate surface area is 160 Å². The van der Waals surface area contributed by atoms with Crippen molar-refractivity contribution in [3.05, 3.63) is 59.7 Å². The van der Waals surface area contributed by atoms with Gasteiger partial charge in [-0.1, -0.05) is 17.7 Å². The number of thiocarbonyl (C=S) groups is 1. The molecule has 2 aromatic rings. The van der Waals surface area contributed by atoms with E-state index in [1.54, 1.807) is 6.07 Å². The number of hydrogen-bond donors (Lipinski definition) is 2. The van der Waals surface area contributed by atoms with Crippen molar-refractivity contribution in [3.63, 3.8) is 0 Å². The van der Waals surface area contributed by atoms with Gasteiger partial charge in [-0.25, -0.2) is 0 Å². The van der Waals surface area contributed by atoms with Gasteiger partial charge in [-0.3, -0.25) is 10.1 Å². The van der Waals surface area contributed by atoms with Crippen LogP contribution in [0.15, 0.2) is 48.5 Å². The first kappa shape index (κ1) is 18.4. The van der Waals surface area contributed by atoms with Gasteiger partial charge in [-0.05, 0) is 81.7 Å². The topological polar surface area (TPSA) is 44.4 Å². The van der Waals surface area contributed by atoms with Crippen molar-refractivity contribution in [1.29, 1.82) is 0 Å². The molecule has 2 N–H and O–H groups in total. The van der Waals surface area contributed by atoms with Crippen LogP contribution in [0.4, 0.5) is 11.4 Å². The Kier molecular flexibility index (Phi) is 5.89. The van der Waals surface area contributed by atoms with Crippen molar-refractivity contribution in [2.24, 2.45) is 0 Å². The third-order valence-corrected chi connectivity index (χ3v) is 4.97. The molecule has 4 nitrogen and oxygen atoms in total. The Morgan fingerprint density at radius 3 is 2.62 bits per heavy atom. The van der Waals surface area contributed by atoms with E-state index in [0.29, 0.717) is 16.7 Å². The van der Waals surface area contributed by atoms with Crippen LogP contribution in [0, 0.1) is 6.92 Å². The van der Waals surface area contributed by atoms with Crippen LogP contribution in [0.2, 0.25) is 0 Å². The van der Waals surface area contributed by atoms with E-state index >= 15 is 0 Å². The third-order valence-electron chi connectivity index (χ3n) is 4.77. The summed E-state index contributed by atoms with van der Waals surface area (Å²) in [6.07, 6.45) is 3.81. The van der Waals surface area contributed by atoms with E-state index in [1.165, 1.54) is 24.9 Å². The van der Waals surface area contributed by atoms with E-state index in [1.807, 2.05) is 37.3 Å². The van der Waals surface area contributed by atoms with Crippen molar-refractivity contribution in [2.75, 3.05) is 16.8 Å². The lowest BCUT2D eigenvalue weighted by atomic mass is 10.0. The lowest BCUT2D eigenvalue weighted by molar-refractivity contribution is 0.0977. The summed E-state index contributed by atoms with van der Waals surface area (Å²) in [6.45, 7) is 5.35. The maximum Gasteiger partial charge on any atom is 0.257 e. The molecule has 0 unspecified atom stereocenters. The predicted molar refractivity (Wildman–Crippen MR) is 112 cm³/mol. The van der Waals surface area contributed by atoms with E-state index in [-0.39, 0.29) is 5.91 Å². The van der Waals surface area contributed by atoms with E-state index < -0.39 is 0 Å². The summed E-state index contributed by atoms with van der Waals surface area (Å²) in [7, 11) is 0. The normalized spacial score (nSPS) is 16.8. The van der Waals surface area contributed by atoms with Gasteiger partial charge in [-0.15, -0.1) is 0 Å². The Bertz CT molecular complexity index is 788. The average molecular weight is 368 g/mol. The lowest BCUT2D eigenvalue weighted by Gasteiger charge is -2.35. The molecule has 0 saturated carbocycles. The molecule has 1 fully saturated rings. The number of carbonyl (C=O) groups excluding carboxylic acids is 1. The quantitative estimate of drug-likeness (QED) is 0.784. The Hall–Kier alpha value is -2.40. The summed E-state index contributed by atoms with van der Waals surface area (Å²) in [5.41, 5.74) is 3.74. The van der Waals surface area contributed by atoms with E-state index in [9.17, 15) is 4.79 Å². The zero-order chi connectivity index (χ0) is 18.5. The summed E-state index contributed by atoms with van der Waals surface area (Å²) in [6, 6.07) is 16.2. The summed E-state index contributed by atoms with van der Waals surface area (Å²) in [5, 5.41) is 6.11. The van der Waals surface area contributed by atoms with E-state index in [2.05, 4.69) is 34.6 Å². The van der Waals surface area contributed by atoms with Gasteiger partial charge >= 0.3 is 0 Å². The van der Waals surface area contributed by atoms with Crippen molar-refractivity contribution in [3.8, 4) is 0 Å². The standard InChI is InChI=1S/C21H25N3OS/c1-15-6-5-8-17(14-15)20(25)23-21(26)22-18-9-11-19(12-10-18)24-13-4-3-7-16(24)2/h5-6,8-12,14,16H,3-4,7,13H2,1-2H3,(H2,22,23,25,26)/t16-/m1/s1. The number of hydrogen-bond acceptors (Lipinski definition) is 3. The van der Waals surface area contributed by atoms with Crippen molar-refractivity contribution in [2.45, 2.75) is 39.2 Å². The highest BCUT2D eigenvalue weighted by molar-refractivity contribution is 7.80. The molecular formula is C21H25N3OS. The fourth-order valence-electron chi connectivity index (χ4n) is 3.34. The molecule has 2 aromatic carbocycles. The van der Waals surface area contributed by atoms with Gasteiger partial charge in [0.25, 0.3) is 5.91 Å². The highest BCUT2D eigenvalue weighted by atomic mass is 32.1. The molecule has 0 radical (unpaired) electrons. The Morgan fingerprint density at radius 2 is 1.92 bits per heavy atom. The van der Waals surface area contributed by atoms with Crippen molar-refractivity contribution >= 4 is 34.6 Å². The second kappa shape index (κ2) is 8.32. The van der Waals surface area contributed by atoms with Crippen LogP contribution in [-0.2, 0) is 0 Å². The average Bonchev–Trinajstić information content (AvgIpc) is 2.63. The molecule has 26 heavy (non-hydrogen) atoms. The molecule has 0 spiro atoms. The number of nitrogens with one attached hydrogen (secondary N) is 2. The zero-order valence-corrected chi connectivity index (χ0v) is 16.1. The first-order valence-corrected chi connectivity index (χ1v) is 9.49. The molecule has 1 aliphatic rings. The molecule has 0 aliphatic carbocycles. The molecule has 1 heterocycles. The van der Waals surface area contributed by atoms with Crippen LogP contribution in [0.25, 0.3) is 0 Å². The summed E-state index contributed by atoms with van der Waals surface area (Å²) in [5.74, 6) is -0.204. The number of carbonyl (C=O) groups is 1. The van der Waals surface area contributed by atoms with Crippen LogP contribution >= 0.6 is 12.2 Å². The molecule has 0 aromatic heterocycles. The van der Waals surface area contributed by atoms with Gasteiger partial charge in [0.15, 0.2) is 5.11 Å². The number of rotatable bonds is 3. The second-order valence-electron chi connectivity index (χ2n) is 6.86. The second-order valence-corrected chi connectivity index (χ2v) is 7.27. The largest absolute Gasteiger partial charge is 0.369 e. The van der Waals surface area contributed by atoms with Gasteiger partial charge in [0, 0.05) is 29.5 Å². The van der Waals surface area contributed by atoms with E-state index in [0.717, 1.165) is 17.8 Å². The molecule has 1 aliphatic heterocycles. The monoisotopic (exact) mass is 367 g/mol. The van der Waals surface area contributed by atoms with Crippen LogP contribution in [-0.4, -0.2) is 23.6 Å². The minimum Gasteiger partial charge on any atom is -0.369 e. The molecule has 1 amide bonds. The highest BCUT2D eigenvalue weighted by Crippen LogP contribution is 2.25. The van der Waals surface area contributed by atoms with Gasteiger partial charge in [0.1, 0.15) is 0 Å². The molecule has 0 bridgehead atoms. The first-order valence-electron chi connectivity index (χ1n) is 9.08. The maximum absolute atomic E-state index is 12.2. The third kappa shape index (κ3) is 4.61. The number of benzene rings is 2. The van der Waals surface area contributed by atoms with Crippen LogP contribution in [0.5, 0.6) is 0 Å². The number of anilines is 2. The number of piperidine rings is 1. The molecule has 1 saturated heterocycles. The minimum atomic E-state index is -0.204. The van der Waals surface area contributed by atoms with Crippen LogP contribution in [0.3, 0.4) is 0 Å². The molecule has 1 atom stereocenters. The molecular weight excluding hydrogens is 342 g/mol. The van der Waals surface area contributed by atoms with Crippen molar-refractivity contribution < 1.29 is 4.79 Å². The Morgan fingerprint density at radius 1 is 1.15 bits per heavy atom. The first-order chi connectivity index (χ1) is 12.5. The number of amides is 1. The van der Waals surface area contributed by atoms with Gasteiger partial charge in [0.05, 0.1) is 0 Å². The lowest BCUT2D eigenvalue weighted by Crippen LogP contribution is -2.37. The van der Waals surface area contributed by atoms with Gasteiger partial charge < -0.3 is 10.2 Å². The number of aryl methyl sites for hydroxylation is 1. The van der Waals surface area contributed by atoms with Crippen LogP contribution in [0.1, 0.15) is 42.1 Å². The maximum atomic E-state index is 12.2. The molecule has 3 rings (SSSR count). The molecule has 5 heteroatoms. The fraction of sp³-hybridized carbons (Fsp3) is 0.333. The zero-order valence-electron chi connectivity index (χ0n) is 15.3. The van der Waals surface area contributed by atoms with Crippen molar-refractivity contribution in [1.82, 2.24) is 5.32 Å². The summed E-state index contributed by atoms with van der Waals surface area (Å²) >= 11 is 5.27. The minimum absolute atomic E-state index is 0.204. The SMILES string of the molecule is Cc1cccc(C(=O)NC(=S)Nc2ccc(N3CCCC[C@H]3C)cc2)c1. The summed E-state index contributed by atoms with van der Waals surface area (Å²) in [4.78, 5) is 14.7. The molecule has 136 valence electrons. The number of nitrogens with zero attached hydrogens (tertiary/aromatic N) is 1.